The minimum atomic E-state index is -1.74. The monoisotopic (exact) mass is 536 g/mol. The fourth-order valence-electron chi connectivity index (χ4n) is 1.81. The maximum absolute atomic E-state index is 11.5. The molecule has 0 heterocycles. The van der Waals surface area contributed by atoms with Crippen LogP contribution < -0.4 is 10.2 Å². The fraction of sp³-hybridized carbons (Fsp3) is 0.818. The summed E-state index contributed by atoms with van der Waals surface area (Å²) in [4.78, 5) is 46.1. The molecule has 0 spiro atoms. The van der Waals surface area contributed by atoms with E-state index in [-0.39, 0.29) is 48.9 Å². The molecule has 7 heteroatoms. The summed E-state index contributed by atoms with van der Waals surface area (Å²) in [7, 11) is 0. The van der Waals surface area contributed by atoms with E-state index in [0.29, 0.717) is 0 Å². The van der Waals surface area contributed by atoms with Crippen molar-refractivity contribution in [1.29, 1.82) is 0 Å². The van der Waals surface area contributed by atoms with E-state index in [0.717, 1.165) is 0 Å². The molecule has 0 aliphatic heterocycles. The van der Waals surface area contributed by atoms with Gasteiger partial charge in [0.05, 0.1) is 0 Å². The van der Waals surface area contributed by atoms with E-state index in [2.05, 4.69) is 0 Å². The number of ketones is 4. The third-order valence-electron chi connectivity index (χ3n) is 3.91. The molecular weight excluding hydrogens is 498 g/mol. The zero-order chi connectivity index (χ0) is 23.5. The molecule has 0 rings (SSSR count). The largest absolute Gasteiger partial charge is 2.00 e. The number of hydrogen-bond acceptors (Lipinski definition) is 6. The van der Waals surface area contributed by atoms with Gasteiger partial charge in [0.25, 0.3) is 0 Å². The summed E-state index contributed by atoms with van der Waals surface area (Å²) in [6.07, 6.45) is -3.48. The number of Topliss-reactive ketones (excluding diaryl/α,β-unsaturated/α-hetero) is 4. The van der Waals surface area contributed by atoms with Gasteiger partial charge in [-0.3, -0.25) is 19.2 Å². The molecular formula is C22H38BaO6. The zero-order valence-electron chi connectivity index (χ0n) is 20.3. The van der Waals surface area contributed by atoms with Crippen LogP contribution in [-0.4, -0.2) is 84.2 Å². The van der Waals surface area contributed by atoms with Crippen molar-refractivity contribution in [3.63, 3.8) is 0 Å². The van der Waals surface area contributed by atoms with Gasteiger partial charge in [-0.25, -0.2) is 0 Å². The van der Waals surface area contributed by atoms with E-state index in [1.807, 2.05) is 0 Å². The summed E-state index contributed by atoms with van der Waals surface area (Å²) < 4.78 is 0. The second-order valence-electron chi connectivity index (χ2n) is 11.2. The van der Waals surface area contributed by atoms with Crippen LogP contribution in [0.3, 0.4) is 0 Å². The Hall–Kier alpha value is 0.171. The fourth-order valence-corrected chi connectivity index (χ4v) is 1.81. The van der Waals surface area contributed by atoms with Crippen LogP contribution in [0.1, 0.15) is 83.1 Å². The average Bonchev–Trinajstić information content (AvgIpc) is 2.47. The van der Waals surface area contributed by atoms with Crippen molar-refractivity contribution >= 4 is 72.0 Å². The molecule has 0 aromatic rings. The Balaban J connectivity index is -0.000000451. The van der Waals surface area contributed by atoms with Crippen LogP contribution in [-0.2, 0) is 19.2 Å². The van der Waals surface area contributed by atoms with E-state index >= 15 is 0 Å². The van der Waals surface area contributed by atoms with Crippen molar-refractivity contribution in [2.24, 2.45) is 21.7 Å². The molecule has 0 saturated carbocycles. The molecule has 6 nitrogen and oxygen atoms in total. The minimum absolute atomic E-state index is 0. The quantitative estimate of drug-likeness (QED) is 0.398. The Labute approximate surface area is 216 Å². The van der Waals surface area contributed by atoms with Crippen molar-refractivity contribution in [2.75, 3.05) is 0 Å². The van der Waals surface area contributed by atoms with E-state index in [1.165, 1.54) is 0 Å². The van der Waals surface area contributed by atoms with Crippen molar-refractivity contribution in [3.05, 3.63) is 0 Å². The first-order valence-corrected chi connectivity index (χ1v) is 9.44. The third kappa shape index (κ3) is 12.0. The van der Waals surface area contributed by atoms with Gasteiger partial charge in [-0.1, -0.05) is 83.1 Å². The Morgan fingerprint density at radius 3 is 0.621 bits per heavy atom. The standard InChI is InChI=1S/2C11H19O3.Ba/c2*1-10(2,3)8(13)7(12)9(14)11(4,5)6;/h2*7H,1-6H3;/q2*-1;+2. The molecule has 0 aromatic heterocycles. The number of carbonyl (C=O) groups is 4. The maximum atomic E-state index is 11.5. The van der Waals surface area contributed by atoms with Crippen molar-refractivity contribution in [3.8, 4) is 0 Å². The van der Waals surface area contributed by atoms with Gasteiger partial charge in [-0.2, -0.15) is 0 Å². The van der Waals surface area contributed by atoms with Crippen LogP contribution >= 0.6 is 0 Å². The van der Waals surface area contributed by atoms with Gasteiger partial charge in [-0.05, 0) is 12.2 Å². The third-order valence-corrected chi connectivity index (χ3v) is 3.91. The van der Waals surface area contributed by atoms with E-state index in [9.17, 15) is 29.4 Å². The van der Waals surface area contributed by atoms with Crippen molar-refractivity contribution in [1.82, 2.24) is 0 Å². The van der Waals surface area contributed by atoms with Gasteiger partial charge in [0, 0.05) is 21.7 Å². The Bertz CT molecular complexity index is 489. The zero-order valence-corrected chi connectivity index (χ0v) is 24.8. The summed E-state index contributed by atoms with van der Waals surface area (Å²) in [5, 5.41) is 23.0. The summed E-state index contributed by atoms with van der Waals surface area (Å²) in [6.45, 7) is 19.8. The van der Waals surface area contributed by atoms with Crippen LogP contribution in [0.2, 0.25) is 0 Å². The van der Waals surface area contributed by atoms with Gasteiger partial charge in [0.15, 0.2) is 0 Å². The summed E-state index contributed by atoms with van der Waals surface area (Å²) >= 11 is 0. The second-order valence-corrected chi connectivity index (χ2v) is 11.2. The molecule has 0 bridgehead atoms. The Morgan fingerprint density at radius 2 is 0.552 bits per heavy atom. The van der Waals surface area contributed by atoms with E-state index in [4.69, 9.17) is 0 Å². The smallest absolute Gasteiger partial charge is 0.841 e. The number of carbonyl (C=O) groups excluding carboxylic acids is 4. The average molecular weight is 536 g/mol. The van der Waals surface area contributed by atoms with Crippen LogP contribution in [0.25, 0.3) is 0 Å². The minimum Gasteiger partial charge on any atom is -0.841 e. The number of hydrogen-bond donors (Lipinski definition) is 0. The summed E-state index contributed by atoms with van der Waals surface area (Å²) in [5.74, 6) is -2.12. The predicted molar refractivity (Wildman–Crippen MR) is 111 cm³/mol. The van der Waals surface area contributed by atoms with Crippen molar-refractivity contribution in [2.45, 2.75) is 95.3 Å². The van der Waals surface area contributed by atoms with E-state index < -0.39 is 57.0 Å². The first-order valence-electron chi connectivity index (χ1n) is 9.44. The molecule has 0 saturated heterocycles. The molecule has 0 aromatic carbocycles. The Morgan fingerprint density at radius 1 is 0.448 bits per heavy atom. The van der Waals surface area contributed by atoms with Gasteiger partial charge in [0.1, 0.15) is 23.1 Å². The molecule has 0 unspecified atom stereocenters. The van der Waals surface area contributed by atoms with E-state index in [1.54, 1.807) is 83.1 Å². The molecule has 164 valence electrons. The maximum Gasteiger partial charge on any atom is 2.00 e. The predicted octanol–water partition coefficient (Wildman–Crippen LogP) is 1.51. The molecule has 0 radical (unpaired) electrons. The second kappa shape index (κ2) is 11.7. The van der Waals surface area contributed by atoms with Gasteiger partial charge in [0.2, 0.25) is 0 Å². The number of rotatable bonds is 4. The first kappa shape index (κ1) is 33.8. The SMILES string of the molecule is CC(C)(C)C(=O)C([O-])C(=O)C(C)(C)C.CC(C)(C)C(=O)C([O-])C(=O)C(C)(C)C.[Ba+2]. The summed E-state index contributed by atoms with van der Waals surface area (Å²) in [6, 6.07) is 0. The molecule has 0 fully saturated rings. The normalized spacial score (nSPS) is 12.7. The Kier molecular flexibility index (Phi) is 13.6. The topological polar surface area (TPSA) is 114 Å². The molecule has 0 atom stereocenters. The van der Waals surface area contributed by atoms with Crippen molar-refractivity contribution < 1.29 is 29.4 Å². The molecule has 0 aliphatic carbocycles. The molecule has 0 amide bonds. The summed E-state index contributed by atoms with van der Waals surface area (Å²) in [5.41, 5.74) is -2.97. The first-order chi connectivity index (χ1) is 12.0. The molecule has 0 aliphatic rings. The molecule has 29 heavy (non-hydrogen) atoms. The van der Waals surface area contributed by atoms with Crippen LogP contribution in [0.5, 0.6) is 0 Å². The van der Waals surface area contributed by atoms with Crippen LogP contribution in [0.15, 0.2) is 0 Å². The molecule has 0 N–H and O–H groups in total. The van der Waals surface area contributed by atoms with Gasteiger partial charge in [-0.15, -0.1) is 0 Å². The van der Waals surface area contributed by atoms with Crippen LogP contribution in [0, 0.1) is 21.7 Å². The van der Waals surface area contributed by atoms with Crippen LogP contribution in [0.4, 0.5) is 0 Å². The van der Waals surface area contributed by atoms with Gasteiger partial charge < -0.3 is 10.2 Å². The van der Waals surface area contributed by atoms with Gasteiger partial charge >= 0.3 is 48.9 Å².